The highest BCUT2D eigenvalue weighted by molar-refractivity contribution is 7.99. The maximum absolute atomic E-state index is 12.2. The van der Waals surface area contributed by atoms with Crippen molar-refractivity contribution in [2.75, 3.05) is 5.75 Å². The molecule has 5 rings (SSSR count). The molecule has 0 aliphatic heterocycles. The summed E-state index contributed by atoms with van der Waals surface area (Å²) in [5.41, 5.74) is 3.32. The highest BCUT2D eigenvalue weighted by Crippen LogP contribution is 2.40. The lowest BCUT2D eigenvalue weighted by molar-refractivity contribution is 0.509. The second kappa shape index (κ2) is 7.37. The predicted octanol–water partition coefficient (Wildman–Crippen LogP) is 4.64. The number of aromatic amines is 1. The van der Waals surface area contributed by atoms with Gasteiger partial charge in [0.25, 0.3) is 0 Å². The first-order chi connectivity index (χ1) is 13.7. The van der Waals surface area contributed by atoms with Crippen LogP contribution in [0.3, 0.4) is 0 Å². The van der Waals surface area contributed by atoms with Crippen LogP contribution in [0.25, 0.3) is 21.3 Å². The average Bonchev–Trinajstić information content (AvgIpc) is 3.22. The number of rotatable bonds is 5. The Morgan fingerprint density at radius 2 is 2.21 bits per heavy atom. The molecule has 5 nitrogen and oxygen atoms in total. The first kappa shape index (κ1) is 17.9. The third-order valence-electron chi connectivity index (χ3n) is 5.50. The second-order valence-corrected chi connectivity index (χ2v) is 9.68. The van der Waals surface area contributed by atoms with E-state index in [1.807, 2.05) is 40.2 Å². The molecule has 0 amide bonds. The molecule has 0 saturated carbocycles. The quantitative estimate of drug-likeness (QED) is 0.296. The first-order valence-corrected chi connectivity index (χ1v) is 11.6. The van der Waals surface area contributed by atoms with Crippen molar-refractivity contribution in [3.63, 3.8) is 0 Å². The molecule has 1 aliphatic carbocycles. The number of para-hydroxylation sites is 2. The molecule has 0 saturated heterocycles. The molecule has 0 spiro atoms. The molecule has 7 heteroatoms. The van der Waals surface area contributed by atoms with E-state index in [2.05, 4.69) is 21.9 Å². The SMILES string of the molecule is CC1CCc2c(sc3ncnc(SCCCn4c(=O)[nH]c5ccccc54)c23)C1. The summed E-state index contributed by atoms with van der Waals surface area (Å²) >= 11 is 3.64. The number of nitrogens with one attached hydrogen (secondary N) is 1. The maximum Gasteiger partial charge on any atom is 0.326 e. The highest BCUT2D eigenvalue weighted by atomic mass is 32.2. The number of hydrogen-bond donors (Lipinski definition) is 1. The maximum atomic E-state index is 12.2. The molecule has 1 aromatic carbocycles. The molecule has 3 heterocycles. The minimum Gasteiger partial charge on any atom is -0.306 e. The smallest absolute Gasteiger partial charge is 0.306 e. The van der Waals surface area contributed by atoms with Gasteiger partial charge in [-0.1, -0.05) is 19.1 Å². The van der Waals surface area contributed by atoms with Crippen molar-refractivity contribution in [2.45, 2.75) is 44.2 Å². The fourth-order valence-corrected chi connectivity index (χ4v) is 6.44. The molecule has 0 radical (unpaired) electrons. The van der Waals surface area contributed by atoms with E-state index in [0.29, 0.717) is 6.54 Å². The summed E-state index contributed by atoms with van der Waals surface area (Å²) in [5, 5.41) is 2.38. The van der Waals surface area contributed by atoms with Gasteiger partial charge in [0.05, 0.1) is 11.0 Å². The molecule has 144 valence electrons. The summed E-state index contributed by atoms with van der Waals surface area (Å²) in [6.07, 6.45) is 6.18. The van der Waals surface area contributed by atoms with E-state index in [1.165, 1.54) is 28.7 Å². The number of fused-ring (bicyclic) bond motifs is 4. The van der Waals surface area contributed by atoms with Gasteiger partial charge in [-0.05, 0) is 49.3 Å². The summed E-state index contributed by atoms with van der Waals surface area (Å²) in [4.78, 5) is 26.9. The molecule has 1 unspecified atom stereocenters. The van der Waals surface area contributed by atoms with Gasteiger partial charge >= 0.3 is 5.69 Å². The summed E-state index contributed by atoms with van der Waals surface area (Å²) in [5.74, 6) is 1.69. The molecule has 0 bridgehead atoms. The van der Waals surface area contributed by atoms with Crippen LogP contribution in [-0.2, 0) is 19.4 Å². The van der Waals surface area contributed by atoms with Crippen LogP contribution >= 0.6 is 23.1 Å². The zero-order chi connectivity index (χ0) is 19.1. The predicted molar refractivity (Wildman–Crippen MR) is 117 cm³/mol. The Bertz CT molecular complexity index is 1210. The van der Waals surface area contributed by atoms with E-state index in [1.54, 1.807) is 18.1 Å². The first-order valence-electron chi connectivity index (χ1n) is 9.76. The van der Waals surface area contributed by atoms with Crippen LogP contribution < -0.4 is 5.69 Å². The van der Waals surface area contributed by atoms with Crippen molar-refractivity contribution in [2.24, 2.45) is 5.92 Å². The summed E-state index contributed by atoms with van der Waals surface area (Å²) in [7, 11) is 0. The van der Waals surface area contributed by atoms with E-state index < -0.39 is 0 Å². The number of H-pyrrole nitrogens is 1. The van der Waals surface area contributed by atoms with E-state index in [9.17, 15) is 4.79 Å². The zero-order valence-electron chi connectivity index (χ0n) is 15.8. The number of thioether (sulfide) groups is 1. The Kier molecular flexibility index (Phi) is 4.72. The lowest BCUT2D eigenvalue weighted by Gasteiger charge is -2.18. The van der Waals surface area contributed by atoms with Crippen LogP contribution in [0.15, 0.2) is 40.4 Å². The molecule has 3 aromatic heterocycles. The van der Waals surface area contributed by atoms with Crippen molar-refractivity contribution in [3.8, 4) is 0 Å². The van der Waals surface area contributed by atoms with Gasteiger partial charge < -0.3 is 4.98 Å². The van der Waals surface area contributed by atoms with Crippen molar-refractivity contribution in [1.29, 1.82) is 0 Å². The van der Waals surface area contributed by atoms with Crippen LogP contribution in [0.5, 0.6) is 0 Å². The van der Waals surface area contributed by atoms with E-state index in [0.717, 1.165) is 45.4 Å². The zero-order valence-corrected chi connectivity index (χ0v) is 17.4. The largest absolute Gasteiger partial charge is 0.326 e. The van der Waals surface area contributed by atoms with Crippen LogP contribution in [0.4, 0.5) is 0 Å². The van der Waals surface area contributed by atoms with Gasteiger partial charge in [-0.2, -0.15) is 0 Å². The van der Waals surface area contributed by atoms with Crippen molar-refractivity contribution >= 4 is 44.3 Å². The normalized spacial score (nSPS) is 16.7. The number of imidazole rings is 1. The third kappa shape index (κ3) is 3.16. The van der Waals surface area contributed by atoms with Gasteiger partial charge in [-0.15, -0.1) is 23.1 Å². The number of hydrogen-bond acceptors (Lipinski definition) is 5. The van der Waals surface area contributed by atoms with Crippen LogP contribution in [-0.4, -0.2) is 25.3 Å². The summed E-state index contributed by atoms with van der Waals surface area (Å²) in [6, 6.07) is 7.85. The average molecular weight is 411 g/mol. The minimum atomic E-state index is -0.0309. The number of aromatic nitrogens is 4. The fourth-order valence-electron chi connectivity index (χ4n) is 4.08. The standard InChI is InChI=1S/C21H22N4OS2/c1-13-7-8-14-17(11-13)28-20-18(14)19(22-12-23-20)27-10-4-9-25-16-6-3-2-5-15(16)24-21(25)26/h2-3,5-6,12-13H,4,7-11H2,1H3,(H,24,26). The molecule has 1 N–H and O–H groups in total. The van der Waals surface area contributed by atoms with Gasteiger partial charge in [-0.3, -0.25) is 4.57 Å². The van der Waals surface area contributed by atoms with E-state index >= 15 is 0 Å². The van der Waals surface area contributed by atoms with Crippen molar-refractivity contribution in [3.05, 3.63) is 51.5 Å². The topological polar surface area (TPSA) is 63.6 Å². The molecule has 4 aromatic rings. The van der Waals surface area contributed by atoms with Gasteiger partial charge in [0.2, 0.25) is 0 Å². The Morgan fingerprint density at radius 1 is 1.32 bits per heavy atom. The molecular formula is C21H22N4OS2. The Labute approximate surface area is 171 Å². The lowest BCUT2D eigenvalue weighted by atomic mass is 9.89. The van der Waals surface area contributed by atoms with Gasteiger partial charge in [-0.25, -0.2) is 14.8 Å². The number of benzene rings is 1. The molecule has 1 aliphatic rings. The summed E-state index contributed by atoms with van der Waals surface area (Å²) < 4.78 is 1.83. The molecule has 1 atom stereocenters. The highest BCUT2D eigenvalue weighted by Gasteiger charge is 2.23. The number of nitrogens with zero attached hydrogens (tertiary/aromatic N) is 3. The molecule has 0 fully saturated rings. The minimum absolute atomic E-state index is 0.0309. The molecule has 28 heavy (non-hydrogen) atoms. The van der Waals surface area contributed by atoms with Crippen LogP contribution in [0.2, 0.25) is 0 Å². The Hall–Kier alpha value is -2.12. The van der Waals surface area contributed by atoms with Crippen molar-refractivity contribution in [1.82, 2.24) is 19.5 Å². The van der Waals surface area contributed by atoms with Crippen LogP contribution in [0, 0.1) is 5.92 Å². The molecular weight excluding hydrogens is 388 g/mol. The Morgan fingerprint density at radius 3 is 3.14 bits per heavy atom. The van der Waals surface area contributed by atoms with Gasteiger partial charge in [0.15, 0.2) is 0 Å². The second-order valence-electron chi connectivity index (χ2n) is 7.51. The van der Waals surface area contributed by atoms with E-state index in [4.69, 9.17) is 0 Å². The lowest BCUT2D eigenvalue weighted by Crippen LogP contribution is -2.17. The van der Waals surface area contributed by atoms with Gasteiger partial charge in [0, 0.05) is 22.6 Å². The number of thiophene rings is 1. The monoisotopic (exact) mass is 410 g/mol. The Balaban J connectivity index is 1.33. The van der Waals surface area contributed by atoms with Gasteiger partial charge in [0.1, 0.15) is 16.2 Å². The third-order valence-corrected chi connectivity index (χ3v) is 7.74. The van der Waals surface area contributed by atoms with Crippen LogP contribution in [0.1, 0.15) is 30.2 Å². The fraction of sp³-hybridized carbons (Fsp3) is 0.381. The van der Waals surface area contributed by atoms with E-state index in [-0.39, 0.29) is 5.69 Å². The number of aryl methyl sites for hydroxylation is 2. The summed E-state index contributed by atoms with van der Waals surface area (Å²) in [6.45, 7) is 3.05. The van der Waals surface area contributed by atoms with Crippen molar-refractivity contribution < 1.29 is 0 Å².